The zero-order valence-electron chi connectivity index (χ0n) is 13.0. The van der Waals surface area contributed by atoms with Gasteiger partial charge >= 0.3 is 0 Å². The van der Waals surface area contributed by atoms with Gasteiger partial charge < -0.3 is 9.73 Å². The van der Waals surface area contributed by atoms with Crippen LogP contribution in [0.1, 0.15) is 43.4 Å². The van der Waals surface area contributed by atoms with Crippen molar-refractivity contribution in [1.29, 1.82) is 0 Å². The molecule has 21 heavy (non-hydrogen) atoms. The number of benzene rings is 1. The predicted molar refractivity (Wildman–Crippen MR) is 83.1 cm³/mol. The molecular weight excluding hydrogens is 264 g/mol. The summed E-state index contributed by atoms with van der Waals surface area (Å²) in [5.41, 5.74) is 1.24. The maximum Gasteiger partial charge on any atom is 0.273 e. The average molecular weight is 286 g/mol. The molecule has 0 saturated heterocycles. The minimum Gasteiger partial charge on any atom is -0.441 e. The smallest absolute Gasteiger partial charge is 0.273 e. The van der Waals surface area contributed by atoms with Crippen LogP contribution in [0.4, 0.5) is 0 Å². The first-order valence-corrected chi connectivity index (χ1v) is 7.31. The van der Waals surface area contributed by atoms with Crippen molar-refractivity contribution in [2.75, 3.05) is 0 Å². The molecule has 1 aromatic heterocycles. The third-order valence-corrected chi connectivity index (χ3v) is 3.23. The molecule has 1 heterocycles. The summed E-state index contributed by atoms with van der Waals surface area (Å²) >= 11 is 0. The Labute approximate surface area is 125 Å². The summed E-state index contributed by atoms with van der Waals surface area (Å²) in [4.78, 5) is 16.6. The van der Waals surface area contributed by atoms with E-state index in [9.17, 15) is 4.79 Å². The minimum absolute atomic E-state index is 0.119. The van der Waals surface area contributed by atoms with Gasteiger partial charge in [-0.25, -0.2) is 4.98 Å². The zero-order valence-corrected chi connectivity index (χ0v) is 13.0. The van der Waals surface area contributed by atoms with E-state index < -0.39 is 0 Å². The highest BCUT2D eigenvalue weighted by atomic mass is 16.4. The van der Waals surface area contributed by atoms with Gasteiger partial charge in [-0.3, -0.25) is 4.79 Å². The summed E-state index contributed by atoms with van der Waals surface area (Å²) in [6, 6.07) is 9.70. The van der Waals surface area contributed by atoms with E-state index >= 15 is 0 Å². The van der Waals surface area contributed by atoms with Crippen LogP contribution >= 0.6 is 0 Å². The molecule has 1 atom stereocenters. The van der Waals surface area contributed by atoms with Crippen LogP contribution in [0.2, 0.25) is 0 Å². The number of rotatable bonds is 5. The van der Waals surface area contributed by atoms with Gasteiger partial charge in [0.2, 0.25) is 5.89 Å². The fourth-order valence-corrected chi connectivity index (χ4v) is 2.37. The molecular formula is C17H22N2O2. The molecule has 0 aliphatic rings. The van der Waals surface area contributed by atoms with Crippen LogP contribution in [0, 0.1) is 12.8 Å². The van der Waals surface area contributed by atoms with Crippen molar-refractivity contribution in [3.63, 3.8) is 0 Å². The largest absolute Gasteiger partial charge is 0.441 e. The molecule has 0 radical (unpaired) electrons. The molecule has 0 saturated carbocycles. The molecule has 0 spiro atoms. The number of hydrogen-bond donors (Lipinski definition) is 1. The maximum atomic E-state index is 12.3. The van der Waals surface area contributed by atoms with E-state index in [0.717, 1.165) is 12.0 Å². The molecule has 1 aromatic carbocycles. The average Bonchev–Trinajstić information content (AvgIpc) is 2.81. The zero-order chi connectivity index (χ0) is 15.4. The molecule has 1 unspecified atom stereocenters. The highest BCUT2D eigenvalue weighted by molar-refractivity contribution is 5.93. The van der Waals surface area contributed by atoms with Gasteiger partial charge in [0.1, 0.15) is 5.76 Å². The van der Waals surface area contributed by atoms with E-state index in [1.165, 1.54) is 0 Å². The van der Waals surface area contributed by atoms with Crippen LogP contribution in [0.25, 0.3) is 11.5 Å². The highest BCUT2D eigenvalue weighted by Crippen LogP contribution is 2.21. The minimum atomic E-state index is -0.174. The number of hydrogen-bond acceptors (Lipinski definition) is 3. The Morgan fingerprint density at radius 2 is 1.90 bits per heavy atom. The molecule has 4 nitrogen and oxygen atoms in total. The molecule has 1 amide bonds. The Morgan fingerprint density at radius 1 is 1.24 bits per heavy atom. The number of nitrogens with one attached hydrogen (secondary N) is 1. The lowest BCUT2D eigenvalue weighted by atomic mass is 10.1. The van der Waals surface area contributed by atoms with Gasteiger partial charge in [0.05, 0.1) is 0 Å². The second kappa shape index (κ2) is 6.57. The molecule has 2 rings (SSSR count). The van der Waals surface area contributed by atoms with Gasteiger partial charge in [-0.2, -0.15) is 0 Å². The van der Waals surface area contributed by atoms with E-state index in [2.05, 4.69) is 24.1 Å². The number of carbonyl (C=O) groups is 1. The predicted octanol–water partition coefficient (Wildman–Crippen LogP) is 3.81. The van der Waals surface area contributed by atoms with Crippen molar-refractivity contribution >= 4 is 5.91 Å². The summed E-state index contributed by atoms with van der Waals surface area (Å²) in [6.07, 6.45) is 0.939. The van der Waals surface area contributed by atoms with Crippen LogP contribution in [0.5, 0.6) is 0 Å². The first kappa shape index (κ1) is 15.3. The van der Waals surface area contributed by atoms with Gasteiger partial charge in [-0.1, -0.05) is 32.0 Å². The summed E-state index contributed by atoms with van der Waals surface area (Å²) in [7, 11) is 0. The molecule has 0 aliphatic heterocycles. The third-order valence-electron chi connectivity index (χ3n) is 3.23. The molecule has 4 heteroatoms. The van der Waals surface area contributed by atoms with E-state index in [0.29, 0.717) is 23.3 Å². The monoisotopic (exact) mass is 286 g/mol. The maximum absolute atomic E-state index is 12.3. The van der Waals surface area contributed by atoms with Crippen molar-refractivity contribution in [3.05, 3.63) is 41.8 Å². The van der Waals surface area contributed by atoms with Gasteiger partial charge in [-0.15, -0.1) is 0 Å². The van der Waals surface area contributed by atoms with E-state index in [1.807, 2.05) is 37.3 Å². The number of carbonyl (C=O) groups excluding carboxylic acids is 1. The Kier molecular flexibility index (Phi) is 4.78. The lowest BCUT2D eigenvalue weighted by molar-refractivity contribution is 0.0930. The summed E-state index contributed by atoms with van der Waals surface area (Å²) < 4.78 is 5.61. The Balaban J connectivity index is 2.14. The van der Waals surface area contributed by atoms with E-state index in [-0.39, 0.29) is 11.9 Å². The summed E-state index contributed by atoms with van der Waals surface area (Å²) in [5.74, 6) is 1.39. The molecule has 1 N–H and O–H groups in total. The number of nitrogens with zero attached hydrogens (tertiary/aromatic N) is 1. The SMILES string of the molecule is Cc1oc(-c2ccccc2)nc1C(=O)NC(C)CC(C)C. The summed E-state index contributed by atoms with van der Waals surface area (Å²) in [6.45, 7) is 8.04. The fourth-order valence-electron chi connectivity index (χ4n) is 2.37. The second-order valence-electron chi connectivity index (χ2n) is 5.79. The Bertz CT molecular complexity index is 603. The normalized spacial score (nSPS) is 12.4. The van der Waals surface area contributed by atoms with Crippen molar-refractivity contribution in [1.82, 2.24) is 10.3 Å². The van der Waals surface area contributed by atoms with Gasteiger partial charge in [0, 0.05) is 11.6 Å². The van der Waals surface area contributed by atoms with Crippen molar-refractivity contribution in [2.24, 2.45) is 5.92 Å². The highest BCUT2D eigenvalue weighted by Gasteiger charge is 2.19. The standard InChI is InChI=1S/C17H22N2O2/c1-11(2)10-12(3)18-16(20)15-13(4)21-17(19-15)14-8-6-5-7-9-14/h5-9,11-12H,10H2,1-4H3,(H,18,20). The molecule has 112 valence electrons. The van der Waals surface area contributed by atoms with Gasteiger partial charge in [0.15, 0.2) is 5.69 Å². The lowest BCUT2D eigenvalue weighted by Crippen LogP contribution is -2.34. The Morgan fingerprint density at radius 3 is 2.52 bits per heavy atom. The van der Waals surface area contributed by atoms with Crippen LogP contribution in [-0.4, -0.2) is 16.9 Å². The van der Waals surface area contributed by atoms with Crippen LogP contribution in [-0.2, 0) is 0 Å². The van der Waals surface area contributed by atoms with E-state index in [4.69, 9.17) is 4.42 Å². The van der Waals surface area contributed by atoms with Crippen molar-refractivity contribution in [3.8, 4) is 11.5 Å². The van der Waals surface area contributed by atoms with E-state index in [1.54, 1.807) is 6.92 Å². The molecule has 0 fully saturated rings. The van der Waals surface area contributed by atoms with Crippen molar-refractivity contribution in [2.45, 2.75) is 40.2 Å². The third kappa shape index (κ3) is 3.94. The number of aryl methyl sites for hydroxylation is 1. The first-order valence-electron chi connectivity index (χ1n) is 7.31. The quantitative estimate of drug-likeness (QED) is 0.909. The molecule has 0 bridgehead atoms. The molecule has 2 aromatic rings. The second-order valence-corrected chi connectivity index (χ2v) is 5.79. The number of amides is 1. The fraction of sp³-hybridized carbons (Fsp3) is 0.412. The number of oxazole rings is 1. The summed E-state index contributed by atoms with van der Waals surface area (Å²) in [5, 5.41) is 2.97. The molecule has 0 aliphatic carbocycles. The Hall–Kier alpha value is -2.10. The van der Waals surface area contributed by atoms with Gasteiger partial charge in [-0.05, 0) is 38.3 Å². The van der Waals surface area contributed by atoms with Crippen LogP contribution in [0.3, 0.4) is 0 Å². The topological polar surface area (TPSA) is 55.1 Å². The van der Waals surface area contributed by atoms with Crippen LogP contribution in [0.15, 0.2) is 34.7 Å². The van der Waals surface area contributed by atoms with Crippen LogP contribution < -0.4 is 5.32 Å². The first-order chi connectivity index (χ1) is 9.97. The van der Waals surface area contributed by atoms with Crippen molar-refractivity contribution < 1.29 is 9.21 Å². The lowest BCUT2D eigenvalue weighted by Gasteiger charge is -2.15. The van der Waals surface area contributed by atoms with Gasteiger partial charge in [0.25, 0.3) is 5.91 Å². The number of aromatic nitrogens is 1.